The van der Waals surface area contributed by atoms with Crippen molar-refractivity contribution in [2.45, 2.75) is 25.9 Å². The van der Waals surface area contributed by atoms with Crippen molar-refractivity contribution in [3.8, 4) is 0 Å². The standard InChI is InChI=1S/C14H15F3N2/c1-10-8-13(14(15,16)17)5-4-12(10)3-2-11-6-7-18-19-9-11/h4-8,19H,2-3,9H2,1H3. The van der Waals surface area contributed by atoms with Gasteiger partial charge in [0.2, 0.25) is 0 Å². The van der Waals surface area contributed by atoms with Gasteiger partial charge in [-0.05, 0) is 54.7 Å². The molecule has 0 unspecified atom stereocenters. The first-order chi connectivity index (χ1) is 8.97. The third kappa shape index (κ3) is 3.59. The number of halogens is 3. The molecular weight excluding hydrogens is 253 g/mol. The lowest BCUT2D eigenvalue weighted by atomic mass is 9.98. The smallest absolute Gasteiger partial charge is 0.306 e. The predicted molar refractivity (Wildman–Crippen MR) is 69.1 cm³/mol. The van der Waals surface area contributed by atoms with E-state index < -0.39 is 11.7 Å². The van der Waals surface area contributed by atoms with Crippen molar-refractivity contribution in [3.05, 3.63) is 46.5 Å². The second-order valence-electron chi connectivity index (χ2n) is 4.58. The second-order valence-corrected chi connectivity index (χ2v) is 4.58. The minimum Gasteiger partial charge on any atom is -0.306 e. The van der Waals surface area contributed by atoms with E-state index in [1.807, 2.05) is 6.08 Å². The van der Waals surface area contributed by atoms with Crippen LogP contribution < -0.4 is 5.43 Å². The monoisotopic (exact) mass is 268 g/mol. The summed E-state index contributed by atoms with van der Waals surface area (Å²) in [6, 6.07) is 3.94. The van der Waals surface area contributed by atoms with Gasteiger partial charge in [0.05, 0.1) is 12.1 Å². The molecule has 1 aliphatic rings. The van der Waals surface area contributed by atoms with E-state index in [1.165, 1.54) is 11.6 Å². The SMILES string of the molecule is Cc1cc(C(F)(F)F)ccc1CCC1=CC=NNC1. The fourth-order valence-electron chi connectivity index (χ4n) is 2.02. The average molecular weight is 268 g/mol. The van der Waals surface area contributed by atoms with Gasteiger partial charge in [0.15, 0.2) is 0 Å². The Morgan fingerprint density at radius 2 is 2.05 bits per heavy atom. The van der Waals surface area contributed by atoms with Crippen LogP contribution in [-0.2, 0) is 12.6 Å². The zero-order valence-corrected chi connectivity index (χ0v) is 10.6. The molecule has 0 bridgehead atoms. The van der Waals surface area contributed by atoms with Crippen LogP contribution in [0.25, 0.3) is 0 Å². The molecule has 2 rings (SSSR count). The summed E-state index contributed by atoms with van der Waals surface area (Å²) in [6.07, 6.45) is 0.931. The van der Waals surface area contributed by atoms with Gasteiger partial charge in [-0.25, -0.2) is 0 Å². The number of alkyl halides is 3. The highest BCUT2D eigenvalue weighted by atomic mass is 19.4. The Morgan fingerprint density at radius 3 is 2.63 bits per heavy atom. The molecule has 0 saturated carbocycles. The van der Waals surface area contributed by atoms with Crippen molar-refractivity contribution in [1.82, 2.24) is 5.43 Å². The van der Waals surface area contributed by atoms with Gasteiger partial charge in [0.1, 0.15) is 0 Å². The van der Waals surface area contributed by atoms with Crippen molar-refractivity contribution in [2.24, 2.45) is 5.10 Å². The third-order valence-electron chi connectivity index (χ3n) is 3.17. The molecule has 102 valence electrons. The number of hydrogen-bond donors (Lipinski definition) is 1. The summed E-state index contributed by atoms with van der Waals surface area (Å²) < 4.78 is 37.6. The Kier molecular flexibility index (Phi) is 3.93. The maximum Gasteiger partial charge on any atom is 0.416 e. The number of hydrogen-bond acceptors (Lipinski definition) is 2. The normalized spacial score (nSPS) is 15.1. The third-order valence-corrected chi connectivity index (χ3v) is 3.17. The number of benzene rings is 1. The summed E-state index contributed by atoms with van der Waals surface area (Å²) in [4.78, 5) is 0. The van der Waals surface area contributed by atoms with Gasteiger partial charge in [0, 0.05) is 6.21 Å². The average Bonchev–Trinajstić information content (AvgIpc) is 2.37. The first-order valence-electron chi connectivity index (χ1n) is 6.07. The Bertz CT molecular complexity index is 516. The van der Waals surface area contributed by atoms with Gasteiger partial charge < -0.3 is 5.43 Å². The second kappa shape index (κ2) is 5.47. The fourth-order valence-corrected chi connectivity index (χ4v) is 2.02. The number of rotatable bonds is 3. The number of aryl methyl sites for hydroxylation is 2. The summed E-state index contributed by atoms with van der Waals surface area (Å²) in [5.41, 5.74) is 5.13. The molecule has 0 radical (unpaired) electrons. The van der Waals surface area contributed by atoms with Crippen LogP contribution in [0.4, 0.5) is 13.2 Å². The first kappa shape index (κ1) is 13.6. The first-order valence-corrected chi connectivity index (χ1v) is 6.07. The molecule has 0 fully saturated rings. The van der Waals surface area contributed by atoms with Crippen LogP contribution in [0.15, 0.2) is 34.9 Å². The molecule has 0 atom stereocenters. The van der Waals surface area contributed by atoms with Crippen molar-refractivity contribution in [2.75, 3.05) is 6.54 Å². The number of hydrazone groups is 1. The maximum atomic E-state index is 12.5. The van der Waals surface area contributed by atoms with Crippen molar-refractivity contribution < 1.29 is 13.2 Å². The molecule has 1 heterocycles. The number of nitrogens with one attached hydrogen (secondary N) is 1. The topological polar surface area (TPSA) is 24.4 Å². The van der Waals surface area contributed by atoms with Gasteiger partial charge in [-0.2, -0.15) is 18.3 Å². The number of nitrogens with zero attached hydrogens (tertiary/aromatic N) is 1. The zero-order chi connectivity index (χ0) is 13.9. The lowest BCUT2D eigenvalue weighted by molar-refractivity contribution is -0.137. The summed E-state index contributed by atoms with van der Waals surface area (Å²) in [5.74, 6) is 0. The molecule has 19 heavy (non-hydrogen) atoms. The van der Waals surface area contributed by atoms with Crippen LogP contribution in [-0.4, -0.2) is 12.8 Å². The zero-order valence-electron chi connectivity index (χ0n) is 10.6. The molecule has 2 nitrogen and oxygen atoms in total. The van der Waals surface area contributed by atoms with E-state index in [9.17, 15) is 13.2 Å². The van der Waals surface area contributed by atoms with E-state index in [0.717, 1.165) is 24.5 Å². The van der Waals surface area contributed by atoms with Crippen molar-refractivity contribution in [1.29, 1.82) is 0 Å². The van der Waals surface area contributed by atoms with Crippen LogP contribution in [0.3, 0.4) is 0 Å². The predicted octanol–water partition coefficient (Wildman–Crippen LogP) is 3.46. The van der Waals surface area contributed by atoms with Crippen LogP contribution >= 0.6 is 0 Å². The molecular formula is C14H15F3N2. The lowest BCUT2D eigenvalue weighted by Crippen LogP contribution is -2.14. The largest absolute Gasteiger partial charge is 0.416 e. The lowest BCUT2D eigenvalue weighted by Gasteiger charge is -2.13. The highest BCUT2D eigenvalue weighted by molar-refractivity contribution is 5.72. The summed E-state index contributed by atoms with van der Waals surface area (Å²) >= 11 is 0. The highest BCUT2D eigenvalue weighted by Gasteiger charge is 2.30. The van der Waals surface area contributed by atoms with Crippen LogP contribution in [0.2, 0.25) is 0 Å². The quantitative estimate of drug-likeness (QED) is 0.892. The van der Waals surface area contributed by atoms with Crippen molar-refractivity contribution in [3.63, 3.8) is 0 Å². The Morgan fingerprint density at radius 1 is 1.26 bits per heavy atom. The van der Waals surface area contributed by atoms with Crippen LogP contribution in [0.5, 0.6) is 0 Å². The van der Waals surface area contributed by atoms with E-state index in [0.29, 0.717) is 12.1 Å². The number of allylic oxidation sites excluding steroid dienone is 1. The molecule has 5 heteroatoms. The van der Waals surface area contributed by atoms with Gasteiger partial charge in [-0.1, -0.05) is 6.07 Å². The minimum absolute atomic E-state index is 0.584. The summed E-state index contributed by atoms with van der Waals surface area (Å²) in [5, 5.41) is 3.86. The molecule has 0 spiro atoms. The molecule has 1 N–H and O–H groups in total. The summed E-state index contributed by atoms with van der Waals surface area (Å²) in [6.45, 7) is 2.43. The fraction of sp³-hybridized carbons (Fsp3) is 0.357. The van der Waals surface area contributed by atoms with E-state index in [-0.39, 0.29) is 0 Å². The van der Waals surface area contributed by atoms with Gasteiger partial charge in [-0.3, -0.25) is 0 Å². The minimum atomic E-state index is -4.27. The Labute approximate surface area is 110 Å². The molecule has 0 aromatic heterocycles. The van der Waals surface area contributed by atoms with E-state index >= 15 is 0 Å². The van der Waals surface area contributed by atoms with E-state index in [1.54, 1.807) is 19.2 Å². The van der Waals surface area contributed by atoms with Crippen LogP contribution in [0.1, 0.15) is 23.1 Å². The highest BCUT2D eigenvalue weighted by Crippen LogP contribution is 2.30. The Hall–Kier alpha value is -1.78. The molecule has 1 aliphatic heterocycles. The van der Waals surface area contributed by atoms with Crippen molar-refractivity contribution >= 4 is 6.21 Å². The van der Waals surface area contributed by atoms with E-state index in [4.69, 9.17) is 0 Å². The van der Waals surface area contributed by atoms with E-state index in [2.05, 4.69) is 10.5 Å². The maximum absolute atomic E-state index is 12.5. The Balaban J connectivity index is 2.05. The van der Waals surface area contributed by atoms with Gasteiger partial charge in [-0.15, -0.1) is 0 Å². The molecule has 1 aromatic rings. The van der Waals surface area contributed by atoms with Crippen LogP contribution in [0, 0.1) is 6.92 Å². The molecule has 0 aliphatic carbocycles. The summed E-state index contributed by atoms with van der Waals surface area (Å²) in [7, 11) is 0. The molecule has 0 amide bonds. The molecule has 0 saturated heterocycles. The molecule has 1 aromatic carbocycles. The van der Waals surface area contributed by atoms with Gasteiger partial charge in [0.25, 0.3) is 0 Å². The van der Waals surface area contributed by atoms with Gasteiger partial charge >= 0.3 is 6.18 Å².